The monoisotopic (exact) mass is 428 g/mol. The van der Waals surface area contributed by atoms with Crippen LogP contribution in [0.5, 0.6) is 0 Å². The molecule has 170 valence electrons. The van der Waals surface area contributed by atoms with Crippen LogP contribution in [0.25, 0.3) is 0 Å². The van der Waals surface area contributed by atoms with Crippen molar-refractivity contribution < 1.29 is 9.26 Å². The van der Waals surface area contributed by atoms with Crippen LogP contribution in [0.4, 0.5) is 5.82 Å². The molecule has 2 aromatic heterocycles. The topological polar surface area (TPSA) is 87.8 Å². The Morgan fingerprint density at radius 3 is 2.48 bits per heavy atom. The maximum Gasteiger partial charge on any atom is 0.191 e. The van der Waals surface area contributed by atoms with Gasteiger partial charge >= 0.3 is 0 Å². The van der Waals surface area contributed by atoms with Crippen LogP contribution in [-0.2, 0) is 17.8 Å². The number of morpholine rings is 1. The Kier molecular flexibility index (Phi) is 8.28. The van der Waals surface area contributed by atoms with Crippen molar-refractivity contribution in [3.8, 4) is 0 Å². The number of ether oxygens (including phenoxy) is 1. The summed E-state index contributed by atoms with van der Waals surface area (Å²) < 4.78 is 11.3. The first-order valence-electron chi connectivity index (χ1n) is 11.3. The molecular weight excluding hydrogens is 392 g/mol. The molecule has 1 fully saturated rings. The van der Waals surface area contributed by atoms with Crippen LogP contribution in [0.2, 0.25) is 0 Å². The molecule has 1 aliphatic heterocycles. The number of hydrogen-bond donors (Lipinski definition) is 2. The largest absolute Gasteiger partial charge is 0.372 e. The first-order chi connectivity index (χ1) is 15.0. The summed E-state index contributed by atoms with van der Waals surface area (Å²) in [7, 11) is 1.76. The van der Waals surface area contributed by atoms with Gasteiger partial charge in [-0.15, -0.1) is 0 Å². The van der Waals surface area contributed by atoms with Gasteiger partial charge in [-0.2, -0.15) is 0 Å². The molecule has 2 atom stereocenters. The van der Waals surface area contributed by atoms with E-state index >= 15 is 0 Å². The molecule has 0 amide bonds. The van der Waals surface area contributed by atoms with Crippen LogP contribution in [0.1, 0.15) is 63.5 Å². The molecule has 1 aliphatic rings. The minimum absolute atomic E-state index is 0.219. The van der Waals surface area contributed by atoms with Gasteiger partial charge in [-0.25, -0.2) is 4.98 Å². The molecule has 31 heavy (non-hydrogen) atoms. The number of anilines is 1. The van der Waals surface area contributed by atoms with Gasteiger partial charge in [0.25, 0.3) is 0 Å². The van der Waals surface area contributed by atoms with E-state index in [2.05, 4.69) is 70.5 Å². The number of hydrogen-bond acceptors (Lipinski definition) is 6. The van der Waals surface area contributed by atoms with Gasteiger partial charge in [-0.3, -0.25) is 4.99 Å². The molecule has 2 aromatic rings. The second-order valence-corrected chi connectivity index (χ2v) is 8.20. The van der Waals surface area contributed by atoms with E-state index < -0.39 is 0 Å². The van der Waals surface area contributed by atoms with Gasteiger partial charge in [0, 0.05) is 44.9 Å². The number of pyridine rings is 1. The van der Waals surface area contributed by atoms with Crippen molar-refractivity contribution in [1.82, 2.24) is 20.8 Å². The van der Waals surface area contributed by atoms with Crippen molar-refractivity contribution in [2.45, 2.75) is 71.8 Å². The van der Waals surface area contributed by atoms with Crippen molar-refractivity contribution in [3.05, 3.63) is 41.4 Å². The fourth-order valence-electron chi connectivity index (χ4n) is 3.96. The summed E-state index contributed by atoms with van der Waals surface area (Å²) in [6.07, 6.45) is 4.48. The van der Waals surface area contributed by atoms with E-state index in [-0.39, 0.29) is 12.2 Å². The van der Waals surface area contributed by atoms with Gasteiger partial charge in [0.15, 0.2) is 11.7 Å². The third-order valence-electron chi connectivity index (χ3n) is 5.65. The Labute approximate surface area is 185 Å². The maximum atomic E-state index is 5.81. The number of aromatic nitrogens is 2. The Balaban J connectivity index is 1.48. The highest BCUT2D eigenvalue weighted by Gasteiger charge is 2.23. The molecule has 0 bridgehead atoms. The molecule has 0 radical (unpaired) electrons. The molecule has 0 aliphatic carbocycles. The summed E-state index contributed by atoms with van der Waals surface area (Å²) in [5.74, 6) is 2.96. The predicted molar refractivity (Wildman–Crippen MR) is 123 cm³/mol. The molecule has 0 aromatic carbocycles. The number of nitrogens with one attached hydrogen (secondary N) is 2. The fourth-order valence-corrected chi connectivity index (χ4v) is 3.96. The number of guanidine groups is 1. The van der Waals surface area contributed by atoms with E-state index in [1.807, 2.05) is 12.3 Å². The molecule has 8 nitrogen and oxygen atoms in total. The van der Waals surface area contributed by atoms with Crippen molar-refractivity contribution in [2.24, 2.45) is 4.99 Å². The summed E-state index contributed by atoms with van der Waals surface area (Å²) in [4.78, 5) is 11.2. The van der Waals surface area contributed by atoms with E-state index in [0.29, 0.717) is 25.0 Å². The SMILES string of the molecule is CCC(CC)c1cc(CNC(=NC)NCc2ccc(N3CC(C)OC(C)C3)nc2)on1. The molecule has 1 saturated heterocycles. The van der Waals surface area contributed by atoms with Crippen molar-refractivity contribution in [2.75, 3.05) is 25.0 Å². The number of nitrogens with zero attached hydrogens (tertiary/aromatic N) is 4. The second-order valence-electron chi connectivity index (χ2n) is 8.20. The van der Waals surface area contributed by atoms with Crippen LogP contribution < -0.4 is 15.5 Å². The molecule has 3 rings (SSSR count). The maximum absolute atomic E-state index is 5.81. The fraction of sp³-hybridized carbons (Fsp3) is 0.609. The van der Waals surface area contributed by atoms with Gasteiger partial charge in [-0.1, -0.05) is 25.1 Å². The van der Waals surface area contributed by atoms with Gasteiger partial charge in [0.2, 0.25) is 0 Å². The standard InChI is InChI=1S/C23H36N6O2/c1-6-19(7-2)21-10-20(31-28-21)13-27-23(24-5)26-12-18-8-9-22(25-11-18)29-14-16(3)30-17(4)15-29/h8-11,16-17,19H,6-7,12-15H2,1-5H3,(H2,24,26,27). The molecule has 2 unspecified atom stereocenters. The van der Waals surface area contributed by atoms with E-state index in [1.165, 1.54) is 0 Å². The predicted octanol–water partition coefficient (Wildman–Crippen LogP) is 3.45. The lowest BCUT2D eigenvalue weighted by molar-refractivity contribution is -0.00545. The average Bonchev–Trinajstić information content (AvgIpc) is 3.23. The molecule has 0 spiro atoms. The van der Waals surface area contributed by atoms with E-state index in [0.717, 1.165) is 48.8 Å². The summed E-state index contributed by atoms with van der Waals surface area (Å²) in [6, 6.07) is 6.21. The zero-order valence-corrected chi connectivity index (χ0v) is 19.4. The van der Waals surface area contributed by atoms with E-state index in [4.69, 9.17) is 9.26 Å². The van der Waals surface area contributed by atoms with E-state index in [1.54, 1.807) is 7.05 Å². The Morgan fingerprint density at radius 1 is 1.16 bits per heavy atom. The van der Waals surface area contributed by atoms with Crippen molar-refractivity contribution >= 4 is 11.8 Å². The summed E-state index contributed by atoms with van der Waals surface area (Å²) in [5, 5.41) is 10.8. The lowest BCUT2D eigenvalue weighted by Crippen LogP contribution is -2.45. The Hall–Kier alpha value is -2.61. The lowest BCUT2D eigenvalue weighted by atomic mass is 9.99. The van der Waals surface area contributed by atoms with Gasteiger partial charge in [0.1, 0.15) is 5.82 Å². The molecular formula is C23H36N6O2. The highest BCUT2D eigenvalue weighted by molar-refractivity contribution is 5.79. The van der Waals surface area contributed by atoms with Crippen molar-refractivity contribution in [3.63, 3.8) is 0 Å². The van der Waals surface area contributed by atoms with E-state index in [9.17, 15) is 0 Å². The number of aliphatic imine (C=N–C) groups is 1. The summed E-state index contributed by atoms with van der Waals surface area (Å²) in [5.41, 5.74) is 2.12. The molecule has 2 N–H and O–H groups in total. The minimum atomic E-state index is 0.219. The van der Waals surface area contributed by atoms with Crippen LogP contribution in [0.15, 0.2) is 33.9 Å². The second kappa shape index (κ2) is 11.1. The lowest BCUT2D eigenvalue weighted by Gasteiger charge is -2.36. The molecule has 8 heteroatoms. The molecule has 0 saturated carbocycles. The van der Waals surface area contributed by atoms with Gasteiger partial charge in [0.05, 0.1) is 24.4 Å². The summed E-state index contributed by atoms with van der Waals surface area (Å²) >= 11 is 0. The highest BCUT2D eigenvalue weighted by Crippen LogP contribution is 2.22. The summed E-state index contributed by atoms with van der Waals surface area (Å²) in [6.45, 7) is 11.5. The van der Waals surface area contributed by atoms with Crippen LogP contribution in [0, 0.1) is 0 Å². The first kappa shape index (κ1) is 23.1. The average molecular weight is 429 g/mol. The third-order valence-corrected chi connectivity index (χ3v) is 5.65. The van der Waals surface area contributed by atoms with Crippen LogP contribution in [-0.4, -0.2) is 48.4 Å². The van der Waals surface area contributed by atoms with Gasteiger partial charge in [-0.05, 0) is 38.3 Å². The third kappa shape index (κ3) is 6.43. The van der Waals surface area contributed by atoms with Gasteiger partial charge < -0.3 is 24.8 Å². The van der Waals surface area contributed by atoms with Crippen molar-refractivity contribution in [1.29, 1.82) is 0 Å². The first-order valence-corrected chi connectivity index (χ1v) is 11.3. The highest BCUT2D eigenvalue weighted by atomic mass is 16.5. The smallest absolute Gasteiger partial charge is 0.191 e. The Morgan fingerprint density at radius 2 is 1.87 bits per heavy atom. The quantitative estimate of drug-likeness (QED) is 0.492. The normalized spacial score (nSPS) is 19.7. The van der Waals surface area contributed by atoms with Crippen LogP contribution in [0.3, 0.4) is 0 Å². The zero-order chi connectivity index (χ0) is 22.2. The number of rotatable bonds is 8. The Bertz CT molecular complexity index is 821. The molecule has 3 heterocycles. The van der Waals surface area contributed by atoms with Crippen LogP contribution >= 0.6 is 0 Å². The minimum Gasteiger partial charge on any atom is -0.372 e. The zero-order valence-electron chi connectivity index (χ0n) is 19.4.